The van der Waals surface area contributed by atoms with Crippen LogP contribution < -0.4 is 10.6 Å². The minimum Gasteiger partial charge on any atom is -0.352 e. The zero-order valence-electron chi connectivity index (χ0n) is 13.2. The lowest BCUT2D eigenvalue weighted by Crippen LogP contribution is -2.27. The molecule has 120 valence electrons. The monoisotopic (exact) mass is 318 g/mol. The molecule has 4 heteroatoms. The molecule has 0 aromatic heterocycles. The molecule has 3 aromatic rings. The third-order valence-corrected chi connectivity index (χ3v) is 3.74. The summed E-state index contributed by atoms with van der Waals surface area (Å²) in [7, 11) is 0. The molecule has 0 aliphatic rings. The predicted molar refractivity (Wildman–Crippen MR) is 96.0 cm³/mol. The van der Waals surface area contributed by atoms with Crippen LogP contribution in [0.5, 0.6) is 0 Å². The van der Waals surface area contributed by atoms with Crippen LogP contribution >= 0.6 is 0 Å². The molecule has 0 saturated heterocycles. The molecule has 0 fully saturated rings. The van der Waals surface area contributed by atoms with Crippen molar-refractivity contribution in [3.63, 3.8) is 0 Å². The summed E-state index contributed by atoms with van der Waals surface area (Å²) >= 11 is 0. The van der Waals surface area contributed by atoms with E-state index in [0.29, 0.717) is 12.1 Å². The van der Waals surface area contributed by atoms with Crippen LogP contribution in [0.2, 0.25) is 0 Å². The Morgan fingerprint density at radius 1 is 0.792 bits per heavy atom. The van der Waals surface area contributed by atoms with Gasteiger partial charge in [-0.15, -0.1) is 0 Å². The lowest BCUT2D eigenvalue weighted by molar-refractivity contribution is -0.116. The molecule has 0 aliphatic carbocycles. The van der Waals surface area contributed by atoms with Gasteiger partial charge < -0.3 is 10.6 Å². The fourth-order valence-electron chi connectivity index (χ4n) is 2.53. The van der Waals surface area contributed by atoms with E-state index in [1.54, 1.807) is 12.1 Å². The first kappa shape index (κ1) is 15.7. The highest BCUT2D eigenvalue weighted by atomic mass is 16.2. The quantitative estimate of drug-likeness (QED) is 0.755. The second-order valence-corrected chi connectivity index (χ2v) is 5.45. The Kier molecular flexibility index (Phi) is 4.87. The molecule has 0 radical (unpaired) electrons. The summed E-state index contributed by atoms with van der Waals surface area (Å²) in [5.74, 6) is -0.298. The van der Waals surface area contributed by atoms with Gasteiger partial charge in [-0.05, 0) is 23.6 Å². The van der Waals surface area contributed by atoms with E-state index in [2.05, 4.69) is 10.6 Å². The Bertz CT molecular complexity index is 854. The van der Waals surface area contributed by atoms with Gasteiger partial charge in [0, 0.05) is 29.6 Å². The largest absolute Gasteiger partial charge is 0.352 e. The fourth-order valence-corrected chi connectivity index (χ4v) is 2.53. The van der Waals surface area contributed by atoms with Crippen molar-refractivity contribution in [3.05, 3.63) is 78.4 Å². The van der Waals surface area contributed by atoms with Crippen LogP contribution in [0, 0.1) is 0 Å². The van der Waals surface area contributed by atoms with Crippen molar-refractivity contribution < 1.29 is 9.59 Å². The normalized spacial score (nSPS) is 10.3. The minimum absolute atomic E-state index is 0.125. The Hall–Kier alpha value is -3.14. The molecule has 3 aromatic carbocycles. The summed E-state index contributed by atoms with van der Waals surface area (Å²) < 4.78 is 0. The maximum Gasteiger partial charge on any atom is 0.251 e. The summed E-state index contributed by atoms with van der Waals surface area (Å²) in [6.07, 6.45) is 0.224. The molecule has 2 N–H and O–H groups in total. The molecule has 0 bridgehead atoms. The van der Waals surface area contributed by atoms with Crippen LogP contribution in [-0.2, 0) is 4.79 Å². The van der Waals surface area contributed by atoms with Gasteiger partial charge in [-0.3, -0.25) is 9.59 Å². The predicted octanol–water partition coefficient (Wildman–Crippen LogP) is 3.60. The molecule has 24 heavy (non-hydrogen) atoms. The molecule has 0 atom stereocenters. The SMILES string of the molecule is O=C(CCNC(=O)c1ccccc1)Nc1cccc2ccccc12. The second kappa shape index (κ2) is 7.42. The summed E-state index contributed by atoms with van der Waals surface area (Å²) in [5.41, 5.74) is 1.37. The van der Waals surface area contributed by atoms with Crippen molar-refractivity contribution in [3.8, 4) is 0 Å². The van der Waals surface area contributed by atoms with Gasteiger partial charge in [0.1, 0.15) is 0 Å². The summed E-state index contributed by atoms with van der Waals surface area (Å²) in [5, 5.41) is 7.74. The zero-order valence-corrected chi connectivity index (χ0v) is 13.2. The Morgan fingerprint density at radius 2 is 1.50 bits per heavy atom. The first-order chi connectivity index (χ1) is 11.7. The number of benzene rings is 3. The number of nitrogens with one attached hydrogen (secondary N) is 2. The molecule has 4 nitrogen and oxygen atoms in total. The first-order valence-electron chi connectivity index (χ1n) is 7.85. The molecule has 0 unspecified atom stereocenters. The number of amides is 2. The van der Waals surface area contributed by atoms with E-state index < -0.39 is 0 Å². The van der Waals surface area contributed by atoms with Crippen molar-refractivity contribution in [2.24, 2.45) is 0 Å². The van der Waals surface area contributed by atoms with E-state index in [0.717, 1.165) is 16.5 Å². The second-order valence-electron chi connectivity index (χ2n) is 5.45. The van der Waals surface area contributed by atoms with Crippen molar-refractivity contribution >= 4 is 28.3 Å². The lowest BCUT2D eigenvalue weighted by Gasteiger charge is -2.09. The average molecular weight is 318 g/mol. The molecule has 0 saturated carbocycles. The summed E-state index contributed by atoms with van der Waals surface area (Å²) in [6, 6.07) is 22.6. The Morgan fingerprint density at radius 3 is 2.33 bits per heavy atom. The number of fused-ring (bicyclic) bond motifs is 1. The number of rotatable bonds is 5. The number of anilines is 1. The molecular weight excluding hydrogens is 300 g/mol. The van der Waals surface area contributed by atoms with E-state index in [-0.39, 0.29) is 18.2 Å². The van der Waals surface area contributed by atoms with E-state index >= 15 is 0 Å². The molecule has 2 amide bonds. The summed E-state index contributed by atoms with van der Waals surface area (Å²) in [4.78, 5) is 24.0. The third kappa shape index (κ3) is 3.79. The van der Waals surface area contributed by atoms with Crippen LogP contribution in [0.4, 0.5) is 5.69 Å². The van der Waals surface area contributed by atoms with Crippen molar-refractivity contribution in [1.82, 2.24) is 5.32 Å². The zero-order chi connectivity index (χ0) is 16.8. The van der Waals surface area contributed by atoms with Gasteiger partial charge in [0.25, 0.3) is 5.91 Å². The van der Waals surface area contributed by atoms with Crippen LogP contribution in [-0.4, -0.2) is 18.4 Å². The topological polar surface area (TPSA) is 58.2 Å². The third-order valence-electron chi connectivity index (χ3n) is 3.74. The van der Waals surface area contributed by atoms with Crippen molar-refractivity contribution in [1.29, 1.82) is 0 Å². The highest BCUT2D eigenvalue weighted by molar-refractivity contribution is 6.02. The molecular formula is C20H18N2O2. The van der Waals surface area contributed by atoms with E-state index in [4.69, 9.17) is 0 Å². The number of carbonyl (C=O) groups is 2. The molecule has 0 aliphatic heterocycles. The van der Waals surface area contributed by atoms with E-state index in [1.807, 2.05) is 60.7 Å². The number of hydrogen-bond donors (Lipinski definition) is 2. The van der Waals surface area contributed by atoms with Crippen LogP contribution in [0.3, 0.4) is 0 Å². The van der Waals surface area contributed by atoms with Crippen LogP contribution in [0.15, 0.2) is 72.8 Å². The van der Waals surface area contributed by atoms with Crippen molar-refractivity contribution in [2.75, 3.05) is 11.9 Å². The van der Waals surface area contributed by atoms with Gasteiger partial charge in [-0.1, -0.05) is 54.6 Å². The van der Waals surface area contributed by atoms with Gasteiger partial charge in [-0.2, -0.15) is 0 Å². The smallest absolute Gasteiger partial charge is 0.251 e. The standard InChI is InChI=1S/C20H18N2O2/c23-19(13-14-21-20(24)16-8-2-1-3-9-16)22-18-12-6-10-15-7-4-5-11-17(15)18/h1-12H,13-14H2,(H,21,24)(H,22,23). The first-order valence-corrected chi connectivity index (χ1v) is 7.85. The lowest BCUT2D eigenvalue weighted by atomic mass is 10.1. The number of hydrogen-bond acceptors (Lipinski definition) is 2. The Balaban J connectivity index is 1.55. The number of carbonyl (C=O) groups excluding carboxylic acids is 2. The highest BCUT2D eigenvalue weighted by Crippen LogP contribution is 2.22. The van der Waals surface area contributed by atoms with Crippen LogP contribution in [0.1, 0.15) is 16.8 Å². The summed E-state index contributed by atoms with van der Waals surface area (Å²) in [6.45, 7) is 0.296. The van der Waals surface area contributed by atoms with Gasteiger partial charge in [0.15, 0.2) is 0 Å². The maximum absolute atomic E-state index is 12.1. The van der Waals surface area contributed by atoms with Gasteiger partial charge in [0.05, 0.1) is 0 Å². The van der Waals surface area contributed by atoms with Crippen molar-refractivity contribution in [2.45, 2.75) is 6.42 Å². The van der Waals surface area contributed by atoms with Gasteiger partial charge >= 0.3 is 0 Å². The van der Waals surface area contributed by atoms with Crippen LogP contribution in [0.25, 0.3) is 10.8 Å². The highest BCUT2D eigenvalue weighted by Gasteiger charge is 2.07. The minimum atomic E-state index is -0.173. The molecule has 0 spiro atoms. The fraction of sp³-hybridized carbons (Fsp3) is 0.100. The van der Waals surface area contributed by atoms with Gasteiger partial charge in [0.2, 0.25) is 5.91 Å². The van der Waals surface area contributed by atoms with E-state index in [9.17, 15) is 9.59 Å². The van der Waals surface area contributed by atoms with E-state index in [1.165, 1.54) is 0 Å². The Labute approximate surface area is 140 Å². The average Bonchev–Trinajstić information content (AvgIpc) is 2.63. The van der Waals surface area contributed by atoms with Gasteiger partial charge in [-0.25, -0.2) is 0 Å². The maximum atomic E-state index is 12.1. The molecule has 0 heterocycles. The molecule has 3 rings (SSSR count).